The number of aromatic carboxylic acids is 1. The summed E-state index contributed by atoms with van der Waals surface area (Å²) in [4.78, 5) is 10.8. The van der Waals surface area contributed by atoms with Crippen molar-refractivity contribution < 1.29 is 19.4 Å². The number of aryl methyl sites for hydroxylation is 1. The van der Waals surface area contributed by atoms with Crippen LogP contribution in [0.2, 0.25) is 0 Å². The Balaban J connectivity index is 2.36. The molecule has 2 rings (SSSR count). The minimum atomic E-state index is -1.35. The standard InChI is InChI=1S/C15H16O4/c1-3-10-4-6-11(7-5-10)15(2,18)13-9-8-12(19-13)14(16)17/h4-9,18H,3H2,1-2H3,(H,16,17). The quantitative estimate of drug-likeness (QED) is 0.886. The second-order valence-corrected chi connectivity index (χ2v) is 4.59. The number of furan rings is 1. The van der Waals surface area contributed by atoms with Gasteiger partial charge in [0.05, 0.1) is 0 Å². The Morgan fingerprint density at radius 3 is 2.32 bits per heavy atom. The van der Waals surface area contributed by atoms with Gasteiger partial charge in [0.1, 0.15) is 11.4 Å². The van der Waals surface area contributed by atoms with Crippen molar-refractivity contribution in [1.82, 2.24) is 0 Å². The van der Waals surface area contributed by atoms with Crippen molar-refractivity contribution in [2.75, 3.05) is 0 Å². The van der Waals surface area contributed by atoms with Gasteiger partial charge in [0.15, 0.2) is 0 Å². The Bertz CT molecular complexity index is 578. The minimum Gasteiger partial charge on any atom is -0.475 e. The number of aliphatic hydroxyl groups is 1. The first-order valence-corrected chi connectivity index (χ1v) is 6.10. The summed E-state index contributed by atoms with van der Waals surface area (Å²) in [6, 6.07) is 10.3. The van der Waals surface area contributed by atoms with Crippen LogP contribution < -0.4 is 0 Å². The zero-order valence-electron chi connectivity index (χ0n) is 10.9. The van der Waals surface area contributed by atoms with Crippen molar-refractivity contribution >= 4 is 5.97 Å². The van der Waals surface area contributed by atoms with Gasteiger partial charge in [-0.2, -0.15) is 0 Å². The van der Waals surface area contributed by atoms with E-state index in [1.807, 2.05) is 24.3 Å². The van der Waals surface area contributed by atoms with E-state index in [4.69, 9.17) is 9.52 Å². The van der Waals surface area contributed by atoms with Gasteiger partial charge in [-0.1, -0.05) is 31.2 Å². The highest BCUT2D eigenvalue weighted by atomic mass is 16.4. The molecule has 2 aromatic rings. The van der Waals surface area contributed by atoms with Crippen LogP contribution in [0, 0.1) is 0 Å². The maximum absolute atomic E-state index is 10.8. The number of rotatable bonds is 4. The highest BCUT2D eigenvalue weighted by Crippen LogP contribution is 2.30. The monoisotopic (exact) mass is 260 g/mol. The van der Waals surface area contributed by atoms with Crippen LogP contribution in [0.25, 0.3) is 0 Å². The SMILES string of the molecule is CCc1ccc(C(C)(O)c2ccc(C(=O)O)o2)cc1. The van der Waals surface area contributed by atoms with E-state index in [9.17, 15) is 9.90 Å². The summed E-state index contributed by atoms with van der Waals surface area (Å²) >= 11 is 0. The van der Waals surface area contributed by atoms with E-state index in [1.165, 1.54) is 17.7 Å². The van der Waals surface area contributed by atoms with E-state index in [0.717, 1.165) is 6.42 Å². The van der Waals surface area contributed by atoms with Gasteiger partial charge in [-0.3, -0.25) is 0 Å². The summed E-state index contributed by atoms with van der Waals surface area (Å²) in [5.74, 6) is -1.11. The molecule has 4 heteroatoms. The summed E-state index contributed by atoms with van der Waals surface area (Å²) in [6.07, 6.45) is 0.923. The molecule has 0 spiro atoms. The van der Waals surface area contributed by atoms with Gasteiger partial charge in [-0.05, 0) is 36.6 Å². The van der Waals surface area contributed by atoms with Crippen molar-refractivity contribution in [1.29, 1.82) is 0 Å². The molecule has 1 aromatic carbocycles. The molecule has 0 radical (unpaired) electrons. The Morgan fingerprint density at radius 1 is 1.21 bits per heavy atom. The molecule has 19 heavy (non-hydrogen) atoms. The summed E-state index contributed by atoms with van der Waals surface area (Å²) in [5, 5.41) is 19.4. The van der Waals surface area contributed by atoms with Crippen LogP contribution in [0.1, 0.15) is 41.3 Å². The topological polar surface area (TPSA) is 70.7 Å². The molecule has 4 nitrogen and oxygen atoms in total. The third-order valence-corrected chi connectivity index (χ3v) is 3.22. The second-order valence-electron chi connectivity index (χ2n) is 4.59. The Kier molecular flexibility index (Phi) is 3.44. The van der Waals surface area contributed by atoms with Crippen LogP contribution >= 0.6 is 0 Å². The van der Waals surface area contributed by atoms with Crippen LogP contribution in [0.3, 0.4) is 0 Å². The molecule has 0 amide bonds. The molecule has 1 aromatic heterocycles. The normalized spacial score (nSPS) is 14.1. The minimum absolute atomic E-state index is 0.180. The van der Waals surface area contributed by atoms with E-state index in [2.05, 4.69) is 6.92 Å². The Labute approximate surface area is 111 Å². The number of hydrogen-bond donors (Lipinski definition) is 2. The lowest BCUT2D eigenvalue weighted by Gasteiger charge is -2.21. The first-order valence-electron chi connectivity index (χ1n) is 6.10. The van der Waals surface area contributed by atoms with Crippen LogP contribution in [0.15, 0.2) is 40.8 Å². The molecular weight excluding hydrogens is 244 g/mol. The van der Waals surface area contributed by atoms with Crippen LogP contribution in [-0.2, 0) is 12.0 Å². The van der Waals surface area contributed by atoms with Crippen LogP contribution in [0.4, 0.5) is 0 Å². The van der Waals surface area contributed by atoms with Gasteiger partial charge in [-0.15, -0.1) is 0 Å². The summed E-state index contributed by atoms with van der Waals surface area (Å²) < 4.78 is 5.17. The third kappa shape index (κ3) is 2.53. The van der Waals surface area contributed by atoms with E-state index in [-0.39, 0.29) is 11.5 Å². The maximum Gasteiger partial charge on any atom is 0.371 e. The fourth-order valence-electron chi connectivity index (χ4n) is 1.92. The number of carboxylic acids is 1. The molecular formula is C15H16O4. The smallest absolute Gasteiger partial charge is 0.371 e. The lowest BCUT2D eigenvalue weighted by atomic mass is 9.92. The second kappa shape index (κ2) is 4.90. The van der Waals surface area contributed by atoms with Crippen molar-refractivity contribution in [2.45, 2.75) is 25.9 Å². The highest BCUT2D eigenvalue weighted by Gasteiger charge is 2.30. The predicted molar refractivity (Wildman–Crippen MR) is 70.2 cm³/mol. The molecule has 0 fully saturated rings. The zero-order valence-corrected chi connectivity index (χ0v) is 10.9. The molecule has 0 aliphatic heterocycles. The van der Waals surface area contributed by atoms with Gasteiger partial charge < -0.3 is 14.6 Å². The van der Waals surface area contributed by atoms with Gasteiger partial charge in [0.2, 0.25) is 5.76 Å². The lowest BCUT2D eigenvalue weighted by Crippen LogP contribution is -2.22. The maximum atomic E-state index is 10.8. The molecule has 0 saturated heterocycles. The summed E-state index contributed by atoms with van der Waals surface area (Å²) in [5.41, 5.74) is 0.487. The summed E-state index contributed by atoms with van der Waals surface area (Å²) in [7, 11) is 0. The average Bonchev–Trinajstić information content (AvgIpc) is 2.89. The molecule has 2 N–H and O–H groups in total. The summed E-state index contributed by atoms with van der Waals surface area (Å²) in [6.45, 7) is 3.64. The average molecular weight is 260 g/mol. The number of benzene rings is 1. The largest absolute Gasteiger partial charge is 0.475 e. The van der Waals surface area contributed by atoms with E-state index in [1.54, 1.807) is 6.92 Å². The fourth-order valence-corrected chi connectivity index (χ4v) is 1.92. The van der Waals surface area contributed by atoms with E-state index < -0.39 is 11.6 Å². The predicted octanol–water partition coefficient (Wildman–Crippen LogP) is 2.80. The molecule has 0 aliphatic carbocycles. The van der Waals surface area contributed by atoms with Gasteiger partial charge in [-0.25, -0.2) is 4.79 Å². The number of hydrogen-bond acceptors (Lipinski definition) is 3. The molecule has 0 saturated carbocycles. The van der Waals surface area contributed by atoms with Gasteiger partial charge >= 0.3 is 5.97 Å². The van der Waals surface area contributed by atoms with Crippen molar-refractivity contribution in [3.05, 3.63) is 59.0 Å². The first-order chi connectivity index (χ1) is 8.95. The Hall–Kier alpha value is -2.07. The van der Waals surface area contributed by atoms with Gasteiger partial charge in [0, 0.05) is 0 Å². The van der Waals surface area contributed by atoms with Crippen LogP contribution in [0.5, 0.6) is 0 Å². The molecule has 1 unspecified atom stereocenters. The third-order valence-electron chi connectivity index (χ3n) is 3.22. The molecule has 0 bridgehead atoms. The lowest BCUT2D eigenvalue weighted by molar-refractivity contribution is 0.0601. The first kappa shape index (κ1) is 13.4. The number of carboxylic acid groups (broad SMARTS) is 1. The van der Waals surface area contributed by atoms with Crippen molar-refractivity contribution in [3.63, 3.8) is 0 Å². The molecule has 1 heterocycles. The number of carbonyl (C=O) groups is 1. The van der Waals surface area contributed by atoms with Crippen molar-refractivity contribution in [3.8, 4) is 0 Å². The van der Waals surface area contributed by atoms with Gasteiger partial charge in [0.25, 0.3) is 0 Å². The van der Waals surface area contributed by atoms with Crippen LogP contribution in [-0.4, -0.2) is 16.2 Å². The highest BCUT2D eigenvalue weighted by molar-refractivity contribution is 5.84. The fraction of sp³-hybridized carbons (Fsp3) is 0.267. The van der Waals surface area contributed by atoms with E-state index in [0.29, 0.717) is 5.56 Å². The zero-order chi connectivity index (χ0) is 14.0. The molecule has 100 valence electrons. The Morgan fingerprint density at radius 2 is 1.84 bits per heavy atom. The molecule has 1 atom stereocenters. The molecule has 0 aliphatic rings. The van der Waals surface area contributed by atoms with E-state index >= 15 is 0 Å². The van der Waals surface area contributed by atoms with Crippen molar-refractivity contribution in [2.24, 2.45) is 0 Å².